The number of nitrogens with two attached hydrogens (primary N) is 1. The number of fused-ring (bicyclic) bond motifs is 1. The SMILES string of the molecule is CCOc1cc2nn(C)cc2cc1C(=O)Nc1cnc(N)cn1. The zero-order valence-corrected chi connectivity index (χ0v) is 12.8. The van der Waals surface area contributed by atoms with Crippen LogP contribution in [0.4, 0.5) is 11.6 Å². The number of aryl methyl sites for hydroxylation is 1. The number of hydrogen-bond acceptors (Lipinski definition) is 6. The van der Waals surface area contributed by atoms with Crippen LogP contribution in [0.2, 0.25) is 0 Å². The molecule has 3 aromatic rings. The van der Waals surface area contributed by atoms with Crippen molar-refractivity contribution in [2.24, 2.45) is 7.05 Å². The summed E-state index contributed by atoms with van der Waals surface area (Å²) in [5, 5.41) is 7.85. The van der Waals surface area contributed by atoms with Gasteiger partial charge in [-0.15, -0.1) is 0 Å². The van der Waals surface area contributed by atoms with E-state index in [1.807, 2.05) is 20.2 Å². The maximum Gasteiger partial charge on any atom is 0.260 e. The van der Waals surface area contributed by atoms with E-state index in [9.17, 15) is 4.79 Å². The van der Waals surface area contributed by atoms with Gasteiger partial charge in [0.1, 0.15) is 11.6 Å². The summed E-state index contributed by atoms with van der Waals surface area (Å²) in [4.78, 5) is 20.4. The molecule has 2 aromatic heterocycles. The van der Waals surface area contributed by atoms with Gasteiger partial charge in [0.2, 0.25) is 0 Å². The molecule has 1 aromatic carbocycles. The van der Waals surface area contributed by atoms with E-state index in [1.165, 1.54) is 12.4 Å². The summed E-state index contributed by atoms with van der Waals surface area (Å²) in [6.45, 7) is 2.30. The van der Waals surface area contributed by atoms with Gasteiger partial charge in [-0.1, -0.05) is 0 Å². The van der Waals surface area contributed by atoms with Crippen LogP contribution in [0.5, 0.6) is 5.75 Å². The molecule has 2 heterocycles. The lowest BCUT2D eigenvalue weighted by Gasteiger charge is -2.10. The zero-order chi connectivity index (χ0) is 16.4. The summed E-state index contributed by atoms with van der Waals surface area (Å²) < 4.78 is 7.25. The van der Waals surface area contributed by atoms with Gasteiger partial charge in [0.05, 0.1) is 30.1 Å². The highest BCUT2D eigenvalue weighted by molar-refractivity contribution is 6.08. The Morgan fingerprint density at radius 3 is 2.87 bits per heavy atom. The van der Waals surface area contributed by atoms with Crippen LogP contribution in [0, 0.1) is 0 Å². The molecule has 0 aliphatic heterocycles. The monoisotopic (exact) mass is 312 g/mol. The molecule has 0 spiro atoms. The molecule has 0 saturated carbocycles. The highest BCUT2D eigenvalue weighted by Gasteiger charge is 2.16. The van der Waals surface area contributed by atoms with E-state index in [2.05, 4.69) is 20.4 Å². The van der Waals surface area contributed by atoms with E-state index < -0.39 is 0 Å². The normalized spacial score (nSPS) is 10.7. The molecule has 0 fully saturated rings. The van der Waals surface area contributed by atoms with Crippen LogP contribution < -0.4 is 15.8 Å². The fraction of sp³-hybridized carbons (Fsp3) is 0.200. The molecule has 8 heteroatoms. The molecular formula is C15H16N6O2. The van der Waals surface area contributed by atoms with Crippen molar-refractivity contribution in [1.29, 1.82) is 0 Å². The summed E-state index contributed by atoms with van der Waals surface area (Å²) in [7, 11) is 1.82. The summed E-state index contributed by atoms with van der Waals surface area (Å²) in [5.74, 6) is 0.741. The van der Waals surface area contributed by atoms with E-state index in [4.69, 9.17) is 10.5 Å². The van der Waals surface area contributed by atoms with Gasteiger partial charge in [0.25, 0.3) is 5.91 Å². The highest BCUT2D eigenvalue weighted by atomic mass is 16.5. The van der Waals surface area contributed by atoms with Gasteiger partial charge in [-0.3, -0.25) is 9.48 Å². The maximum atomic E-state index is 12.5. The van der Waals surface area contributed by atoms with Crippen molar-refractivity contribution < 1.29 is 9.53 Å². The highest BCUT2D eigenvalue weighted by Crippen LogP contribution is 2.26. The van der Waals surface area contributed by atoms with Gasteiger partial charge in [-0.05, 0) is 13.0 Å². The van der Waals surface area contributed by atoms with Crippen LogP contribution in [0.1, 0.15) is 17.3 Å². The zero-order valence-electron chi connectivity index (χ0n) is 12.8. The summed E-state index contributed by atoms with van der Waals surface area (Å²) in [5.41, 5.74) is 6.65. The second-order valence-electron chi connectivity index (χ2n) is 4.92. The first-order valence-corrected chi connectivity index (χ1v) is 7.06. The van der Waals surface area contributed by atoms with Crippen LogP contribution in [-0.2, 0) is 7.05 Å². The Hall–Kier alpha value is -3.16. The predicted octanol–water partition coefficient (Wildman–Crippen LogP) is 1.60. The van der Waals surface area contributed by atoms with E-state index in [0.717, 1.165) is 10.9 Å². The average molecular weight is 312 g/mol. The molecule has 0 aliphatic rings. The quantitative estimate of drug-likeness (QED) is 0.757. The molecule has 0 atom stereocenters. The number of carbonyl (C=O) groups excluding carboxylic acids is 1. The van der Waals surface area contributed by atoms with E-state index in [1.54, 1.807) is 16.8 Å². The third kappa shape index (κ3) is 3.05. The Labute approximate surface area is 132 Å². The second kappa shape index (κ2) is 5.91. The number of ether oxygens (including phenoxy) is 1. The Morgan fingerprint density at radius 2 is 2.17 bits per heavy atom. The molecule has 3 N–H and O–H groups in total. The van der Waals surface area contributed by atoms with Crippen molar-refractivity contribution in [2.75, 3.05) is 17.7 Å². The van der Waals surface area contributed by atoms with Crippen molar-refractivity contribution in [3.63, 3.8) is 0 Å². The molecule has 8 nitrogen and oxygen atoms in total. The number of nitrogen functional groups attached to an aromatic ring is 1. The van der Waals surface area contributed by atoms with Crippen LogP contribution in [-0.4, -0.2) is 32.3 Å². The molecule has 0 aliphatic carbocycles. The van der Waals surface area contributed by atoms with E-state index in [-0.39, 0.29) is 11.7 Å². The van der Waals surface area contributed by atoms with Crippen molar-refractivity contribution in [3.8, 4) is 5.75 Å². The number of hydrogen-bond donors (Lipinski definition) is 2. The standard InChI is InChI=1S/C15H16N6O2/c1-3-23-12-5-11-9(8-21(2)20-11)4-10(12)15(22)19-14-7-17-13(16)6-18-14/h4-8H,3H2,1-2H3,(H2,16,17)(H,18,19,22). The number of carbonyl (C=O) groups is 1. The molecule has 0 saturated heterocycles. The number of nitrogens with one attached hydrogen (secondary N) is 1. The van der Waals surface area contributed by atoms with E-state index >= 15 is 0 Å². The van der Waals surface area contributed by atoms with Gasteiger partial charge in [0.15, 0.2) is 5.82 Å². The Kier molecular flexibility index (Phi) is 3.80. The third-order valence-corrected chi connectivity index (χ3v) is 3.18. The number of aromatic nitrogens is 4. The number of rotatable bonds is 4. The molecule has 0 bridgehead atoms. The fourth-order valence-electron chi connectivity index (χ4n) is 2.21. The van der Waals surface area contributed by atoms with Gasteiger partial charge < -0.3 is 15.8 Å². The lowest BCUT2D eigenvalue weighted by molar-refractivity contribution is 0.102. The van der Waals surface area contributed by atoms with Gasteiger partial charge in [-0.2, -0.15) is 5.10 Å². The maximum absolute atomic E-state index is 12.5. The topological polar surface area (TPSA) is 108 Å². The number of benzene rings is 1. The lowest BCUT2D eigenvalue weighted by Crippen LogP contribution is -2.15. The molecule has 118 valence electrons. The van der Waals surface area contributed by atoms with Crippen LogP contribution in [0.3, 0.4) is 0 Å². The first-order chi connectivity index (χ1) is 11.1. The van der Waals surface area contributed by atoms with Crippen molar-refractivity contribution >= 4 is 28.4 Å². The molecule has 1 amide bonds. The molecule has 0 radical (unpaired) electrons. The number of amides is 1. The molecule has 23 heavy (non-hydrogen) atoms. The number of nitrogens with zero attached hydrogens (tertiary/aromatic N) is 4. The average Bonchev–Trinajstić information content (AvgIpc) is 2.88. The van der Waals surface area contributed by atoms with Crippen molar-refractivity contribution in [3.05, 3.63) is 36.3 Å². The van der Waals surface area contributed by atoms with Crippen molar-refractivity contribution in [1.82, 2.24) is 19.7 Å². The number of anilines is 2. The molecular weight excluding hydrogens is 296 g/mol. The van der Waals surface area contributed by atoms with Crippen LogP contribution >= 0.6 is 0 Å². The first-order valence-electron chi connectivity index (χ1n) is 7.06. The summed E-state index contributed by atoms with van der Waals surface area (Å²) in [6.07, 6.45) is 4.62. The Bertz CT molecular complexity index is 856. The summed E-state index contributed by atoms with van der Waals surface area (Å²) >= 11 is 0. The van der Waals surface area contributed by atoms with Crippen molar-refractivity contribution in [2.45, 2.75) is 6.92 Å². The Balaban J connectivity index is 1.97. The smallest absolute Gasteiger partial charge is 0.260 e. The summed E-state index contributed by atoms with van der Waals surface area (Å²) in [6, 6.07) is 3.50. The largest absolute Gasteiger partial charge is 0.493 e. The van der Waals surface area contributed by atoms with Crippen LogP contribution in [0.25, 0.3) is 10.9 Å². The van der Waals surface area contributed by atoms with Crippen LogP contribution in [0.15, 0.2) is 30.7 Å². The molecule has 0 unspecified atom stereocenters. The Morgan fingerprint density at radius 1 is 1.35 bits per heavy atom. The van der Waals surface area contributed by atoms with E-state index in [0.29, 0.717) is 23.7 Å². The van der Waals surface area contributed by atoms with Gasteiger partial charge in [0, 0.05) is 24.7 Å². The fourth-order valence-corrected chi connectivity index (χ4v) is 2.21. The first kappa shape index (κ1) is 14.8. The lowest BCUT2D eigenvalue weighted by atomic mass is 10.1. The second-order valence-corrected chi connectivity index (χ2v) is 4.92. The molecule has 3 rings (SSSR count). The van der Waals surface area contributed by atoms with Gasteiger partial charge >= 0.3 is 0 Å². The minimum Gasteiger partial charge on any atom is -0.493 e. The predicted molar refractivity (Wildman–Crippen MR) is 86.3 cm³/mol. The third-order valence-electron chi connectivity index (χ3n) is 3.18. The minimum atomic E-state index is -0.335. The van der Waals surface area contributed by atoms with Gasteiger partial charge in [-0.25, -0.2) is 9.97 Å². The minimum absolute atomic E-state index is 0.287.